The van der Waals surface area contributed by atoms with Crippen LogP contribution in [0.5, 0.6) is 0 Å². The van der Waals surface area contributed by atoms with Gasteiger partial charge in [0.05, 0.1) is 18.8 Å². The molecule has 0 bridgehead atoms. The third-order valence-electron chi connectivity index (χ3n) is 13.0. The molecular formula is C30H52O3Si. The first-order valence-electron chi connectivity index (χ1n) is 14.3. The van der Waals surface area contributed by atoms with Crippen molar-refractivity contribution >= 4 is 8.32 Å². The van der Waals surface area contributed by atoms with Crippen molar-refractivity contribution in [1.82, 2.24) is 0 Å². The quantitative estimate of drug-likeness (QED) is 0.317. The van der Waals surface area contributed by atoms with Crippen LogP contribution < -0.4 is 0 Å². The average Bonchev–Trinajstić information content (AvgIpc) is 3.27. The van der Waals surface area contributed by atoms with E-state index < -0.39 is 14.4 Å². The summed E-state index contributed by atoms with van der Waals surface area (Å²) in [6, 6.07) is 0. The molecule has 0 aromatic rings. The molecule has 5 aliphatic rings. The van der Waals surface area contributed by atoms with Gasteiger partial charge in [-0.25, -0.2) is 0 Å². The van der Waals surface area contributed by atoms with Crippen LogP contribution in [-0.2, 0) is 9.16 Å². The van der Waals surface area contributed by atoms with Gasteiger partial charge in [0.15, 0.2) is 8.32 Å². The monoisotopic (exact) mass is 488 g/mol. The Kier molecular flexibility index (Phi) is 5.93. The number of aliphatic hydroxyl groups is 1. The van der Waals surface area contributed by atoms with Crippen LogP contribution in [-0.4, -0.2) is 39.3 Å². The number of aliphatic hydroxyl groups excluding tert-OH is 1. The van der Waals surface area contributed by atoms with E-state index in [0.717, 1.165) is 17.8 Å². The number of ether oxygens (including phenoxy) is 1. The van der Waals surface area contributed by atoms with E-state index >= 15 is 0 Å². The molecule has 34 heavy (non-hydrogen) atoms. The van der Waals surface area contributed by atoms with E-state index in [9.17, 15) is 5.11 Å². The van der Waals surface area contributed by atoms with E-state index in [2.05, 4.69) is 60.7 Å². The number of methoxy groups -OCH3 is 1. The second-order valence-corrected chi connectivity index (χ2v) is 19.8. The molecule has 4 heteroatoms. The first kappa shape index (κ1) is 25.5. The fraction of sp³-hybridized carbons (Fsp3) is 0.933. The zero-order valence-corrected chi connectivity index (χ0v) is 24.5. The Labute approximate surface area is 210 Å². The normalized spacial score (nSPS) is 47.2. The number of allylic oxidation sites excluding steroid dienone is 1. The van der Waals surface area contributed by atoms with E-state index in [1.54, 1.807) is 0 Å². The topological polar surface area (TPSA) is 38.7 Å². The van der Waals surface area contributed by atoms with Crippen molar-refractivity contribution < 1.29 is 14.3 Å². The van der Waals surface area contributed by atoms with Crippen LogP contribution in [0.4, 0.5) is 0 Å². The standard InChI is InChI=1S/C30H52O3Si/c1-19(25(31)18-33-34(8,9)27(2,3)4)22-10-11-23-21-16-26(32-7)30-17-20(30)12-15-29(30,6)24(21)13-14-28(22,23)5/h10,19-21,23-26,31H,11-18H2,1-9H3/t19-,20-,21-,23-,24-,25-,26+,28+,29+,30-/m0/s1. The number of hydrogen-bond donors (Lipinski definition) is 1. The number of hydrogen-bond acceptors (Lipinski definition) is 3. The summed E-state index contributed by atoms with van der Waals surface area (Å²) in [5, 5.41) is 11.4. The predicted molar refractivity (Wildman–Crippen MR) is 142 cm³/mol. The molecule has 194 valence electrons. The maximum absolute atomic E-state index is 11.3. The Bertz CT molecular complexity index is 844. The van der Waals surface area contributed by atoms with Crippen molar-refractivity contribution in [3.63, 3.8) is 0 Å². The minimum atomic E-state index is -1.86. The highest BCUT2D eigenvalue weighted by molar-refractivity contribution is 6.74. The van der Waals surface area contributed by atoms with Crippen LogP contribution in [0.25, 0.3) is 0 Å². The van der Waals surface area contributed by atoms with Crippen molar-refractivity contribution in [2.75, 3.05) is 13.7 Å². The van der Waals surface area contributed by atoms with Gasteiger partial charge in [0.2, 0.25) is 0 Å². The minimum Gasteiger partial charge on any atom is -0.414 e. The molecule has 0 amide bonds. The summed E-state index contributed by atoms with van der Waals surface area (Å²) < 4.78 is 12.7. The van der Waals surface area contributed by atoms with E-state index in [1.165, 1.54) is 50.5 Å². The lowest BCUT2D eigenvalue weighted by Gasteiger charge is -2.60. The van der Waals surface area contributed by atoms with E-state index in [4.69, 9.17) is 9.16 Å². The summed E-state index contributed by atoms with van der Waals surface area (Å²) in [5.41, 5.74) is 2.72. The first-order chi connectivity index (χ1) is 15.7. The second-order valence-electron chi connectivity index (χ2n) is 15.0. The lowest BCUT2D eigenvalue weighted by Crippen LogP contribution is -2.56. The van der Waals surface area contributed by atoms with E-state index in [1.807, 2.05) is 7.11 Å². The van der Waals surface area contributed by atoms with Crippen molar-refractivity contribution in [1.29, 1.82) is 0 Å². The Morgan fingerprint density at radius 1 is 1.15 bits per heavy atom. The summed E-state index contributed by atoms with van der Waals surface area (Å²) in [6.07, 6.45) is 12.0. The molecule has 0 aromatic carbocycles. The predicted octanol–water partition coefficient (Wildman–Crippen LogP) is 7.21. The average molecular weight is 489 g/mol. The Balaban J connectivity index is 1.32. The van der Waals surface area contributed by atoms with Crippen LogP contribution in [0.3, 0.4) is 0 Å². The maximum Gasteiger partial charge on any atom is 0.192 e. The third kappa shape index (κ3) is 3.30. The molecule has 3 nitrogen and oxygen atoms in total. The molecule has 0 aromatic heterocycles. The fourth-order valence-electron chi connectivity index (χ4n) is 9.75. The van der Waals surface area contributed by atoms with Gasteiger partial charge < -0.3 is 14.3 Å². The fourth-order valence-corrected chi connectivity index (χ4v) is 10.8. The molecule has 0 saturated heterocycles. The molecule has 0 heterocycles. The third-order valence-corrected chi connectivity index (χ3v) is 17.5. The zero-order chi connectivity index (χ0) is 24.9. The number of fused-ring (bicyclic) bond motifs is 4. The Morgan fingerprint density at radius 3 is 2.47 bits per heavy atom. The Hall–Kier alpha value is -0.163. The summed E-state index contributed by atoms with van der Waals surface area (Å²) in [7, 11) is 0.122. The summed E-state index contributed by atoms with van der Waals surface area (Å²) >= 11 is 0. The van der Waals surface area contributed by atoms with Gasteiger partial charge in [-0.05, 0) is 97.6 Å². The van der Waals surface area contributed by atoms with Crippen LogP contribution in [0.15, 0.2) is 11.6 Å². The molecule has 0 aliphatic heterocycles. The van der Waals surface area contributed by atoms with Crippen LogP contribution >= 0.6 is 0 Å². The molecule has 1 N–H and O–H groups in total. The lowest BCUT2D eigenvalue weighted by atomic mass is 9.45. The van der Waals surface area contributed by atoms with Crippen molar-refractivity contribution in [2.45, 2.75) is 117 Å². The smallest absolute Gasteiger partial charge is 0.192 e. The first-order valence-corrected chi connectivity index (χ1v) is 17.2. The highest BCUT2D eigenvalue weighted by Crippen LogP contribution is 2.82. The second kappa shape index (κ2) is 7.92. The SMILES string of the molecule is CO[C@@H]1C[C@H]2[C@@H]3CC=C([C@H](C)[C@@H](O)CO[Si](C)(C)C(C)(C)C)[C@@]3(C)CC[C@@H]2[C@@]2(C)CC[C@H]3C[C@]312. The molecule has 1 spiro atoms. The molecule has 5 aliphatic carbocycles. The van der Waals surface area contributed by atoms with Gasteiger partial charge >= 0.3 is 0 Å². The van der Waals surface area contributed by atoms with Crippen LogP contribution in [0.1, 0.15) is 86.5 Å². The van der Waals surface area contributed by atoms with Gasteiger partial charge in [-0.15, -0.1) is 0 Å². The van der Waals surface area contributed by atoms with Gasteiger partial charge in [0, 0.05) is 18.4 Å². The highest BCUT2D eigenvalue weighted by atomic mass is 28.4. The minimum absolute atomic E-state index is 0.166. The van der Waals surface area contributed by atoms with Gasteiger partial charge in [-0.1, -0.05) is 53.2 Å². The molecule has 4 saturated carbocycles. The largest absolute Gasteiger partial charge is 0.414 e. The van der Waals surface area contributed by atoms with Gasteiger partial charge in [-0.2, -0.15) is 0 Å². The van der Waals surface area contributed by atoms with E-state index in [-0.39, 0.29) is 16.4 Å². The lowest BCUT2D eigenvalue weighted by molar-refractivity contribution is -0.154. The van der Waals surface area contributed by atoms with Crippen molar-refractivity contribution in [3.8, 4) is 0 Å². The van der Waals surface area contributed by atoms with Crippen LogP contribution in [0.2, 0.25) is 18.1 Å². The summed E-state index contributed by atoms with van der Waals surface area (Å²) in [4.78, 5) is 0. The van der Waals surface area contributed by atoms with Gasteiger partial charge in [0.25, 0.3) is 0 Å². The zero-order valence-electron chi connectivity index (χ0n) is 23.5. The summed E-state index contributed by atoms with van der Waals surface area (Å²) in [6.45, 7) is 19.3. The van der Waals surface area contributed by atoms with E-state index in [0.29, 0.717) is 29.5 Å². The molecule has 4 fully saturated rings. The summed E-state index contributed by atoms with van der Waals surface area (Å²) in [5.74, 6) is 3.44. The molecular weight excluding hydrogens is 436 g/mol. The van der Waals surface area contributed by atoms with Gasteiger partial charge in [-0.3, -0.25) is 0 Å². The molecule has 10 atom stereocenters. The van der Waals surface area contributed by atoms with Crippen LogP contribution in [0, 0.1) is 45.8 Å². The Morgan fingerprint density at radius 2 is 1.85 bits per heavy atom. The maximum atomic E-state index is 11.3. The molecule has 0 unspecified atom stereocenters. The van der Waals surface area contributed by atoms with Crippen molar-refractivity contribution in [3.05, 3.63) is 11.6 Å². The number of rotatable bonds is 6. The molecule has 0 radical (unpaired) electrons. The van der Waals surface area contributed by atoms with Gasteiger partial charge in [0.1, 0.15) is 0 Å². The molecule has 5 rings (SSSR count). The highest BCUT2D eigenvalue weighted by Gasteiger charge is 2.77. The van der Waals surface area contributed by atoms with Crippen molar-refractivity contribution in [2.24, 2.45) is 45.8 Å².